The quantitative estimate of drug-likeness (QED) is 0.565. The summed E-state index contributed by atoms with van der Waals surface area (Å²) in [5, 5.41) is 1.20. The average molecular weight is 405 g/mol. The second kappa shape index (κ2) is 7.48. The second-order valence-corrected chi connectivity index (χ2v) is 7.44. The molecule has 2 aromatic carbocycles. The molecule has 1 saturated heterocycles. The summed E-state index contributed by atoms with van der Waals surface area (Å²) in [4.78, 5) is 6.31. The first kappa shape index (κ1) is 18.4. The molecule has 0 aromatic heterocycles. The van der Waals surface area contributed by atoms with Crippen LogP contribution in [0.15, 0.2) is 53.5 Å². The lowest BCUT2D eigenvalue weighted by Crippen LogP contribution is -2.26. The van der Waals surface area contributed by atoms with Crippen LogP contribution in [0.2, 0.25) is 5.02 Å². The molecule has 1 fully saturated rings. The van der Waals surface area contributed by atoms with Crippen LogP contribution in [-0.2, 0) is 6.18 Å². The van der Waals surface area contributed by atoms with Crippen LogP contribution in [0.1, 0.15) is 5.56 Å². The first-order valence-corrected chi connectivity index (χ1v) is 9.18. The van der Waals surface area contributed by atoms with Gasteiger partial charge < -0.3 is 4.90 Å². The Morgan fingerprint density at radius 1 is 1.16 bits per heavy atom. The molecule has 1 heterocycles. The Hall–Kier alpha value is -1.37. The number of anilines is 1. The Bertz CT molecular complexity index is 795. The molecule has 0 N–H and O–H groups in total. The van der Waals surface area contributed by atoms with E-state index in [9.17, 15) is 13.2 Å². The first-order chi connectivity index (χ1) is 11.9. The molecule has 0 bridgehead atoms. The molecule has 1 unspecified atom stereocenters. The minimum absolute atomic E-state index is 0.0501. The largest absolute Gasteiger partial charge is 0.416 e. The maximum absolute atomic E-state index is 13.0. The van der Waals surface area contributed by atoms with Gasteiger partial charge in [-0.05, 0) is 36.4 Å². The van der Waals surface area contributed by atoms with Gasteiger partial charge in [0.2, 0.25) is 0 Å². The lowest BCUT2D eigenvalue weighted by atomic mass is 10.2. The van der Waals surface area contributed by atoms with Crippen LogP contribution >= 0.6 is 35.0 Å². The molecule has 1 aliphatic heterocycles. The van der Waals surface area contributed by atoms with Gasteiger partial charge in [-0.15, -0.1) is 11.6 Å². The van der Waals surface area contributed by atoms with Gasteiger partial charge in [0, 0.05) is 28.4 Å². The molecular formula is C17H13Cl2F3N2S. The van der Waals surface area contributed by atoms with Gasteiger partial charge in [-0.25, -0.2) is 4.99 Å². The molecule has 8 heteroatoms. The number of alkyl halides is 4. The van der Waals surface area contributed by atoms with Gasteiger partial charge in [0.25, 0.3) is 0 Å². The van der Waals surface area contributed by atoms with Crippen molar-refractivity contribution < 1.29 is 13.2 Å². The van der Waals surface area contributed by atoms with Crippen molar-refractivity contribution in [3.63, 3.8) is 0 Å². The van der Waals surface area contributed by atoms with E-state index in [0.717, 1.165) is 12.1 Å². The van der Waals surface area contributed by atoms with Crippen molar-refractivity contribution in [3.8, 4) is 0 Å². The van der Waals surface area contributed by atoms with Crippen LogP contribution in [0.3, 0.4) is 0 Å². The van der Waals surface area contributed by atoms with Gasteiger partial charge >= 0.3 is 6.18 Å². The number of nitrogens with zero attached hydrogens (tertiary/aromatic N) is 2. The Balaban J connectivity index is 1.98. The molecule has 132 valence electrons. The Morgan fingerprint density at radius 3 is 2.60 bits per heavy atom. The molecular weight excluding hydrogens is 392 g/mol. The minimum Gasteiger partial charge on any atom is -0.320 e. The Kier molecular flexibility index (Phi) is 5.51. The minimum atomic E-state index is -4.39. The van der Waals surface area contributed by atoms with Crippen molar-refractivity contribution in [1.29, 1.82) is 0 Å². The Labute approximate surface area is 157 Å². The maximum Gasteiger partial charge on any atom is 0.416 e. The van der Waals surface area contributed by atoms with E-state index in [1.165, 1.54) is 17.8 Å². The number of amidine groups is 1. The highest BCUT2D eigenvalue weighted by Gasteiger charge is 2.33. The van der Waals surface area contributed by atoms with Crippen molar-refractivity contribution in [3.05, 3.63) is 59.1 Å². The summed E-state index contributed by atoms with van der Waals surface area (Å²) in [6, 6.07) is 12.2. The Morgan fingerprint density at radius 2 is 1.92 bits per heavy atom. The zero-order valence-corrected chi connectivity index (χ0v) is 15.1. The number of hydrogen-bond donors (Lipinski definition) is 0. The summed E-state index contributed by atoms with van der Waals surface area (Å²) < 4.78 is 39.0. The number of aliphatic imine (C=N–C) groups is 1. The van der Waals surface area contributed by atoms with E-state index < -0.39 is 11.7 Å². The molecule has 0 saturated carbocycles. The molecule has 1 atom stereocenters. The maximum atomic E-state index is 13.0. The van der Waals surface area contributed by atoms with Gasteiger partial charge in [-0.1, -0.05) is 35.5 Å². The topological polar surface area (TPSA) is 15.6 Å². The highest BCUT2D eigenvalue weighted by molar-refractivity contribution is 8.15. The molecule has 0 radical (unpaired) electrons. The van der Waals surface area contributed by atoms with Crippen molar-refractivity contribution in [2.75, 3.05) is 17.3 Å². The summed E-state index contributed by atoms with van der Waals surface area (Å²) in [5.74, 6) is 0.384. The van der Waals surface area contributed by atoms with Crippen LogP contribution in [0.5, 0.6) is 0 Å². The van der Waals surface area contributed by atoms with Crippen LogP contribution in [0.25, 0.3) is 0 Å². The summed E-state index contributed by atoms with van der Waals surface area (Å²) in [6.45, 7) is 0.495. The van der Waals surface area contributed by atoms with E-state index in [2.05, 4.69) is 4.99 Å². The number of thioether (sulfide) groups is 1. The molecule has 0 amide bonds. The van der Waals surface area contributed by atoms with Crippen LogP contribution in [0.4, 0.5) is 24.5 Å². The molecule has 1 aliphatic rings. The van der Waals surface area contributed by atoms with Gasteiger partial charge in [0.05, 0.1) is 11.3 Å². The fraction of sp³-hybridized carbons (Fsp3) is 0.235. The van der Waals surface area contributed by atoms with E-state index in [1.54, 1.807) is 35.2 Å². The highest BCUT2D eigenvalue weighted by Crippen LogP contribution is 2.36. The third kappa shape index (κ3) is 4.43. The first-order valence-electron chi connectivity index (χ1n) is 7.38. The second-order valence-electron chi connectivity index (χ2n) is 5.43. The van der Waals surface area contributed by atoms with Crippen molar-refractivity contribution in [2.24, 2.45) is 4.99 Å². The predicted octanol–water partition coefficient (Wildman–Crippen LogP) is 6.21. The van der Waals surface area contributed by atoms with Crippen LogP contribution in [0, 0.1) is 0 Å². The molecule has 2 aromatic rings. The van der Waals surface area contributed by atoms with Crippen molar-refractivity contribution in [1.82, 2.24) is 0 Å². The fourth-order valence-corrected chi connectivity index (χ4v) is 3.94. The van der Waals surface area contributed by atoms with E-state index in [0.29, 0.717) is 34.0 Å². The van der Waals surface area contributed by atoms with Crippen LogP contribution < -0.4 is 4.90 Å². The molecule has 3 rings (SSSR count). The van der Waals surface area contributed by atoms with Gasteiger partial charge in [-0.2, -0.15) is 13.2 Å². The monoisotopic (exact) mass is 404 g/mol. The smallest absolute Gasteiger partial charge is 0.320 e. The standard InChI is InChI=1S/C17H13Cl2F3N2S/c18-9-15-10-24(14-6-1-3-11(7-14)17(20,21)22)16(25-15)23-13-5-2-4-12(19)8-13/h1-8,15H,9-10H2. The van der Waals surface area contributed by atoms with E-state index in [-0.39, 0.29) is 5.25 Å². The normalized spacial score (nSPS) is 19.6. The molecule has 25 heavy (non-hydrogen) atoms. The molecule has 0 spiro atoms. The third-order valence-electron chi connectivity index (χ3n) is 3.58. The lowest BCUT2D eigenvalue weighted by molar-refractivity contribution is -0.137. The SMILES string of the molecule is FC(F)(F)c1cccc(N2CC(CCl)SC2=Nc2cccc(Cl)c2)c1. The summed E-state index contributed by atoms with van der Waals surface area (Å²) >= 11 is 13.4. The van der Waals surface area contributed by atoms with Gasteiger partial charge in [0.1, 0.15) is 0 Å². The fourth-order valence-electron chi connectivity index (χ4n) is 2.42. The summed E-state index contributed by atoms with van der Waals surface area (Å²) in [7, 11) is 0. The predicted molar refractivity (Wildman–Crippen MR) is 99.4 cm³/mol. The number of rotatable bonds is 3. The van der Waals surface area contributed by atoms with E-state index in [1.807, 2.05) is 0 Å². The number of halogens is 5. The van der Waals surface area contributed by atoms with Crippen LogP contribution in [-0.4, -0.2) is 22.8 Å². The zero-order chi connectivity index (χ0) is 18.0. The van der Waals surface area contributed by atoms with Crippen molar-refractivity contribution in [2.45, 2.75) is 11.4 Å². The lowest BCUT2D eigenvalue weighted by Gasteiger charge is -2.19. The number of hydrogen-bond acceptors (Lipinski definition) is 2. The summed E-state index contributed by atoms with van der Waals surface area (Å²) in [5.41, 5.74) is 0.393. The molecule has 0 aliphatic carbocycles. The van der Waals surface area contributed by atoms with Gasteiger partial charge in [0.15, 0.2) is 5.17 Å². The number of benzene rings is 2. The summed E-state index contributed by atoms with van der Waals surface area (Å²) in [6.07, 6.45) is -4.39. The van der Waals surface area contributed by atoms with E-state index >= 15 is 0 Å². The zero-order valence-electron chi connectivity index (χ0n) is 12.8. The highest BCUT2D eigenvalue weighted by atomic mass is 35.5. The average Bonchev–Trinajstić information content (AvgIpc) is 2.97. The third-order valence-corrected chi connectivity index (χ3v) is 5.54. The molecule has 2 nitrogen and oxygen atoms in total. The van der Waals surface area contributed by atoms with Gasteiger partial charge in [-0.3, -0.25) is 0 Å². The van der Waals surface area contributed by atoms with E-state index in [4.69, 9.17) is 23.2 Å². The van der Waals surface area contributed by atoms with Crippen molar-refractivity contribution >= 4 is 51.5 Å².